The number of ether oxygens (including phenoxy) is 1. The van der Waals surface area contributed by atoms with Crippen molar-refractivity contribution in [2.45, 2.75) is 32.4 Å². The molecule has 0 saturated carbocycles. The molecule has 0 aromatic heterocycles. The van der Waals surface area contributed by atoms with Gasteiger partial charge in [-0.05, 0) is 23.5 Å². The molecule has 0 bridgehead atoms. The Morgan fingerprint density at radius 2 is 1.96 bits per heavy atom. The fourth-order valence-electron chi connectivity index (χ4n) is 3.45. The van der Waals surface area contributed by atoms with Gasteiger partial charge in [0.25, 0.3) is 0 Å². The molecule has 2 unspecified atom stereocenters. The topological polar surface area (TPSA) is 53.0 Å². The lowest BCUT2D eigenvalue weighted by atomic mass is 10.1. The van der Waals surface area contributed by atoms with Crippen LogP contribution in [0.5, 0.6) is 0 Å². The van der Waals surface area contributed by atoms with Gasteiger partial charge >= 0.3 is 6.09 Å². The molecule has 2 aliphatic rings. The van der Waals surface area contributed by atoms with Crippen molar-refractivity contribution in [3.05, 3.63) is 35.4 Å². The monoisotopic (exact) mass is 318 g/mol. The highest BCUT2D eigenvalue weighted by atomic mass is 16.6. The standard InChI is InChI=1S/C18H26N2O3/c1-13(2)12-23-18(22)20-9-7-19(8-10-20)16-11-14-5-3-4-6-15(14)17(16)21/h3-6,13,16-17,21H,7-12H2,1-2H3. The first-order valence-corrected chi connectivity index (χ1v) is 8.48. The second-order valence-electron chi connectivity index (χ2n) is 6.91. The van der Waals surface area contributed by atoms with E-state index in [0.29, 0.717) is 25.6 Å². The van der Waals surface area contributed by atoms with Crippen LogP contribution >= 0.6 is 0 Å². The first-order valence-electron chi connectivity index (χ1n) is 8.48. The molecule has 126 valence electrons. The lowest BCUT2D eigenvalue weighted by Gasteiger charge is -2.38. The van der Waals surface area contributed by atoms with E-state index in [1.807, 2.05) is 32.0 Å². The number of piperazine rings is 1. The summed E-state index contributed by atoms with van der Waals surface area (Å²) in [5.41, 5.74) is 2.29. The Labute approximate surface area is 137 Å². The first-order chi connectivity index (χ1) is 11.1. The highest BCUT2D eigenvalue weighted by Gasteiger charge is 2.36. The van der Waals surface area contributed by atoms with Crippen molar-refractivity contribution in [3.8, 4) is 0 Å². The smallest absolute Gasteiger partial charge is 0.409 e. The third-order valence-electron chi connectivity index (χ3n) is 4.75. The highest BCUT2D eigenvalue weighted by Crippen LogP contribution is 2.34. The second-order valence-corrected chi connectivity index (χ2v) is 6.91. The molecule has 1 aliphatic heterocycles. The number of carbonyl (C=O) groups excluding carboxylic acids is 1. The lowest BCUT2D eigenvalue weighted by Crippen LogP contribution is -2.53. The van der Waals surface area contributed by atoms with Gasteiger partial charge in [0.1, 0.15) is 0 Å². The van der Waals surface area contributed by atoms with Crippen LogP contribution in [0.2, 0.25) is 0 Å². The van der Waals surface area contributed by atoms with E-state index in [1.165, 1.54) is 5.56 Å². The van der Waals surface area contributed by atoms with Crippen molar-refractivity contribution in [1.82, 2.24) is 9.80 Å². The van der Waals surface area contributed by atoms with Gasteiger partial charge in [-0.15, -0.1) is 0 Å². The molecule has 2 atom stereocenters. The van der Waals surface area contributed by atoms with Gasteiger partial charge in [-0.2, -0.15) is 0 Å². The Hall–Kier alpha value is -1.59. The molecular weight excluding hydrogens is 292 g/mol. The number of benzene rings is 1. The molecule has 23 heavy (non-hydrogen) atoms. The molecule has 5 heteroatoms. The SMILES string of the molecule is CC(C)COC(=O)N1CCN(C2Cc3ccccc3C2O)CC1. The fraction of sp³-hybridized carbons (Fsp3) is 0.611. The zero-order valence-corrected chi connectivity index (χ0v) is 13.9. The summed E-state index contributed by atoms with van der Waals surface area (Å²) in [6.45, 7) is 7.43. The third kappa shape index (κ3) is 3.51. The molecule has 1 heterocycles. The minimum absolute atomic E-state index is 0.126. The van der Waals surface area contributed by atoms with Gasteiger partial charge in [-0.1, -0.05) is 38.1 Å². The van der Waals surface area contributed by atoms with Crippen molar-refractivity contribution in [2.24, 2.45) is 5.92 Å². The summed E-state index contributed by atoms with van der Waals surface area (Å²) < 4.78 is 5.29. The number of fused-ring (bicyclic) bond motifs is 1. The summed E-state index contributed by atoms with van der Waals surface area (Å²) in [6, 6.07) is 8.24. The Bertz CT molecular complexity index is 553. The molecule has 1 amide bonds. The van der Waals surface area contributed by atoms with Gasteiger partial charge < -0.3 is 14.7 Å². The van der Waals surface area contributed by atoms with Crippen LogP contribution in [-0.4, -0.2) is 59.8 Å². The predicted molar refractivity (Wildman–Crippen MR) is 88.2 cm³/mol. The fourth-order valence-corrected chi connectivity index (χ4v) is 3.45. The number of aliphatic hydroxyl groups excluding tert-OH is 1. The maximum Gasteiger partial charge on any atom is 0.409 e. The maximum atomic E-state index is 12.0. The summed E-state index contributed by atoms with van der Waals surface area (Å²) in [7, 11) is 0. The summed E-state index contributed by atoms with van der Waals surface area (Å²) >= 11 is 0. The summed E-state index contributed by atoms with van der Waals surface area (Å²) in [5.74, 6) is 0.354. The van der Waals surface area contributed by atoms with Crippen LogP contribution in [0.1, 0.15) is 31.1 Å². The van der Waals surface area contributed by atoms with Crippen LogP contribution in [0.4, 0.5) is 4.79 Å². The number of carbonyl (C=O) groups is 1. The molecule has 1 aromatic rings. The average molecular weight is 318 g/mol. The van der Waals surface area contributed by atoms with Crippen molar-refractivity contribution in [3.63, 3.8) is 0 Å². The van der Waals surface area contributed by atoms with E-state index in [0.717, 1.165) is 25.1 Å². The molecule has 5 nitrogen and oxygen atoms in total. The van der Waals surface area contributed by atoms with Gasteiger partial charge in [0.2, 0.25) is 0 Å². The Morgan fingerprint density at radius 1 is 1.26 bits per heavy atom. The zero-order chi connectivity index (χ0) is 16.4. The minimum atomic E-state index is -0.425. The van der Waals surface area contributed by atoms with Gasteiger partial charge in [0.15, 0.2) is 0 Å². The van der Waals surface area contributed by atoms with Gasteiger partial charge in [0, 0.05) is 32.2 Å². The van der Waals surface area contributed by atoms with E-state index in [2.05, 4.69) is 11.0 Å². The summed E-state index contributed by atoms with van der Waals surface area (Å²) in [5, 5.41) is 10.6. The van der Waals surface area contributed by atoms with Crippen LogP contribution in [-0.2, 0) is 11.2 Å². The zero-order valence-electron chi connectivity index (χ0n) is 13.9. The molecule has 3 rings (SSSR count). The van der Waals surface area contributed by atoms with Crippen LogP contribution in [0.25, 0.3) is 0 Å². The van der Waals surface area contributed by atoms with Crippen LogP contribution in [0.15, 0.2) is 24.3 Å². The second kappa shape index (κ2) is 6.89. The van der Waals surface area contributed by atoms with Crippen LogP contribution < -0.4 is 0 Å². The molecule has 1 aromatic carbocycles. The molecule has 0 radical (unpaired) electrons. The number of rotatable bonds is 3. The van der Waals surface area contributed by atoms with Crippen LogP contribution in [0.3, 0.4) is 0 Å². The van der Waals surface area contributed by atoms with Crippen molar-refractivity contribution in [1.29, 1.82) is 0 Å². The van der Waals surface area contributed by atoms with Gasteiger partial charge in [0.05, 0.1) is 12.7 Å². The van der Waals surface area contributed by atoms with E-state index >= 15 is 0 Å². The number of hydrogen-bond donors (Lipinski definition) is 1. The number of hydrogen-bond acceptors (Lipinski definition) is 4. The van der Waals surface area contributed by atoms with E-state index in [4.69, 9.17) is 4.74 Å². The number of nitrogens with zero attached hydrogens (tertiary/aromatic N) is 2. The number of aliphatic hydroxyl groups is 1. The van der Waals surface area contributed by atoms with Gasteiger partial charge in [-0.3, -0.25) is 4.90 Å². The molecule has 1 saturated heterocycles. The highest BCUT2D eigenvalue weighted by molar-refractivity contribution is 5.67. The number of amides is 1. The van der Waals surface area contributed by atoms with E-state index < -0.39 is 6.10 Å². The molecule has 1 fully saturated rings. The van der Waals surface area contributed by atoms with E-state index in [-0.39, 0.29) is 12.1 Å². The Kier molecular flexibility index (Phi) is 4.87. The van der Waals surface area contributed by atoms with E-state index in [1.54, 1.807) is 4.90 Å². The Balaban J connectivity index is 1.53. The third-order valence-corrected chi connectivity index (χ3v) is 4.75. The average Bonchev–Trinajstić information content (AvgIpc) is 2.90. The largest absolute Gasteiger partial charge is 0.449 e. The quantitative estimate of drug-likeness (QED) is 0.927. The predicted octanol–water partition coefficient (Wildman–Crippen LogP) is 2.05. The molecule has 1 aliphatic carbocycles. The van der Waals surface area contributed by atoms with Crippen LogP contribution in [0, 0.1) is 5.92 Å². The first kappa shape index (κ1) is 16.3. The Morgan fingerprint density at radius 3 is 2.61 bits per heavy atom. The van der Waals surface area contributed by atoms with E-state index in [9.17, 15) is 9.90 Å². The van der Waals surface area contributed by atoms with Gasteiger partial charge in [-0.25, -0.2) is 4.79 Å². The molecule has 0 spiro atoms. The maximum absolute atomic E-state index is 12.0. The molecular formula is C18H26N2O3. The molecule has 1 N–H and O–H groups in total. The van der Waals surface area contributed by atoms with Crippen molar-refractivity contribution < 1.29 is 14.6 Å². The van der Waals surface area contributed by atoms with Crippen molar-refractivity contribution in [2.75, 3.05) is 32.8 Å². The minimum Gasteiger partial charge on any atom is -0.449 e. The summed E-state index contributed by atoms with van der Waals surface area (Å²) in [6.07, 6.45) is 0.244. The lowest BCUT2D eigenvalue weighted by molar-refractivity contribution is 0.0216. The normalized spacial score (nSPS) is 24.8. The van der Waals surface area contributed by atoms with Crippen molar-refractivity contribution >= 4 is 6.09 Å². The summed E-state index contributed by atoms with van der Waals surface area (Å²) in [4.78, 5) is 16.1.